The molecule has 1 unspecified atom stereocenters. The van der Waals surface area contributed by atoms with Crippen LogP contribution in [0, 0.1) is 6.92 Å². The number of alkyl halides is 3. The Kier molecular flexibility index (Phi) is 7.96. The third-order valence-electron chi connectivity index (χ3n) is 5.06. The van der Waals surface area contributed by atoms with Gasteiger partial charge in [0, 0.05) is 20.0 Å². The average Bonchev–Trinajstić information content (AvgIpc) is 3.06. The van der Waals surface area contributed by atoms with Crippen molar-refractivity contribution in [3.8, 4) is 5.75 Å². The molecule has 0 amide bonds. The molecule has 1 aromatic heterocycles. The number of rotatable bonds is 4. The van der Waals surface area contributed by atoms with Crippen LogP contribution in [0.2, 0.25) is 0 Å². The van der Waals surface area contributed by atoms with Gasteiger partial charge in [-0.1, -0.05) is 12.1 Å². The number of hydrogen-bond acceptors (Lipinski definition) is 6. The molecule has 9 nitrogen and oxygen atoms in total. The van der Waals surface area contributed by atoms with Crippen LogP contribution in [0.15, 0.2) is 36.7 Å². The maximum absolute atomic E-state index is 13.0. The highest BCUT2D eigenvalue weighted by molar-refractivity contribution is 7.87. The van der Waals surface area contributed by atoms with Crippen molar-refractivity contribution < 1.29 is 43.9 Å². The Morgan fingerprint density at radius 1 is 1.22 bits per heavy atom. The Balaban J connectivity index is 0.000000390. The minimum atomic E-state index is -6.09. The van der Waals surface area contributed by atoms with E-state index in [1.165, 1.54) is 3.97 Å². The van der Waals surface area contributed by atoms with Crippen LogP contribution in [0.4, 0.5) is 13.2 Å². The van der Waals surface area contributed by atoms with E-state index in [4.69, 9.17) is 17.7 Å². The highest BCUT2D eigenvalue weighted by Crippen LogP contribution is 2.30. The normalized spacial score (nSPS) is 18.0. The highest BCUT2D eigenvalue weighted by Gasteiger charge is 2.37. The SMILES string of the molecule is COc1cccc(C2CCCN(S(=O)(=O)n3cc[n+](C)c3C)C2)c1.O=S(=O)([O-])C(F)(F)F. The smallest absolute Gasteiger partial charge is 0.485 e. The minimum absolute atomic E-state index is 0.188. The Morgan fingerprint density at radius 2 is 1.84 bits per heavy atom. The van der Waals surface area contributed by atoms with Crippen molar-refractivity contribution >= 4 is 20.3 Å². The van der Waals surface area contributed by atoms with E-state index in [-0.39, 0.29) is 5.92 Å². The van der Waals surface area contributed by atoms with Gasteiger partial charge in [0.25, 0.3) is 5.82 Å². The van der Waals surface area contributed by atoms with E-state index in [0.717, 1.165) is 24.2 Å². The van der Waals surface area contributed by atoms with Gasteiger partial charge in [-0.3, -0.25) is 0 Å². The van der Waals surface area contributed by atoms with E-state index >= 15 is 0 Å². The minimum Gasteiger partial charge on any atom is -0.741 e. The van der Waals surface area contributed by atoms with Crippen LogP contribution in [0.1, 0.15) is 30.1 Å². The van der Waals surface area contributed by atoms with Gasteiger partial charge in [0.05, 0.1) is 14.2 Å². The fraction of sp³-hybridized carbons (Fsp3) is 0.500. The third kappa shape index (κ3) is 5.99. The Labute approximate surface area is 185 Å². The molecule has 0 saturated carbocycles. The number of hydrogen-bond donors (Lipinski definition) is 0. The Morgan fingerprint density at radius 3 is 2.34 bits per heavy atom. The summed E-state index contributed by atoms with van der Waals surface area (Å²) in [6, 6.07) is 7.91. The molecule has 32 heavy (non-hydrogen) atoms. The molecule has 1 aliphatic heterocycles. The second-order valence-electron chi connectivity index (χ2n) is 7.13. The fourth-order valence-corrected chi connectivity index (χ4v) is 4.87. The fourth-order valence-electron chi connectivity index (χ4n) is 3.22. The summed E-state index contributed by atoms with van der Waals surface area (Å²) in [4.78, 5) is 0. The van der Waals surface area contributed by atoms with E-state index in [0.29, 0.717) is 18.9 Å². The zero-order chi connectivity index (χ0) is 24.3. The molecule has 2 aromatic rings. The first-order valence-electron chi connectivity index (χ1n) is 9.39. The number of imidazole rings is 1. The van der Waals surface area contributed by atoms with E-state index in [2.05, 4.69) is 0 Å². The van der Waals surface area contributed by atoms with Crippen molar-refractivity contribution in [1.82, 2.24) is 8.28 Å². The first-order chi connectivity index (χ1) is 14.7. The molecule has 3 rings (SSSR count). The summed E-state index contributed by atoms with van der Waals surface area (Å²) >= 11 is 0. The van der Waals surface area contributed by atoms with Gasteiger partial charge in [-0.05, 0) is 36.5 Å². The molecule has 180 valence electrons. The zero-order valence-electron chi connectivity index (χ0n) is 17.6. The van der Waals surface area contributed by atoms with E-state index in [9.17, 15) is 21.6 Å². The number of aryl methyl sites for hydroxylation is 1. The second-order valence-corrected chi connectivity index (χ2v) is 10.3. The molecule has 1 saturated heterocycles. The van der Waals surface area contributed by atoms with Crippen molar-refractivity contribution in [2.75, 3.05) is 20.2 Å². The lowest BCUT2D eigenvalue weighted by Crippen LogP contribution is -2.43. The number of nitrogens with zero attached hydrogens (tertiary/aromatic N) is 3. The van der Waals surface area contributed by atoms with Gasteiger partial charge in [-0.15, -0.1) is 3.97 Å². The van der Waals surface area contributed by atoms with Gasteiger partial charge in [0.15, 0.2) is 10.1 Å². The number of benzene rings is 1. The predicted molar refractivity (Wildman–Crippen MR) is 107 cm³/mol. The molecule has 0 bridgehead atoms. The molecule has 14 heteroatoms. The number of ether oxygens (including phenoxy) is 1. The highest BCUT2D eigenvalue weighted by atomic mass is 32.2. The Hall–Kier alpha value is -2.16. The van der Waals surface area contributed by atoms with Gasteiger partial charge < -0.3 is 9.29 Å². The van der Waals surface area contributed by atoms with Crippen LogP contribution in [0.5, 0.6) is 5.75 Å². The summed E-state index contributed by atoms with van der Waals surface area (Å²) in [5, 5.41) is 0. The summed E-state index contributed by atoms with van der Waals surface area (Å²) in [6.45, 7) is 2.86. The molecule has 1 fully saturated rings. The summed E-state index contributed by atoms with van der Waals surface area (Å²) < 4.78 is 94.9. The van der Waals surface area contributed by atoms with Crippen molar-refractivity contribution in [3.63, 3.8) is 0 Å². The van der Waals surface area contributed by atoms with Crippen molar-refractivity contribution in [2.24, 2.45) is 7.05 Å². The molecule has 0 radical (unpaired) electrons. The molecule has 0 aliphatic carbocycles. The Bertz CT molecular complexity index is 1150. The second kappa shape index (κ2) is 9.77. The number of aromatic nitrogens is 2. The summed E-state index contributed by atoms with van der Waals surface area (Å²) in [5.41, 5.74) is -4.52. The molecule has 1 atom stereocenters. The lowest BCUT2D eigenvalue weighted by molar-refractivity contribution is -0.676. The molecule has 2 heterocycles. The molecule has 0 N–H and O–H groups in total. The molecule has 1 aromatic carbocycles. The van der Waals surface area contributed by atoms with Crippen molar-refractivity contribution in [1.29, 1.82) is 0 Å². The van der Waals surface area contributed by atoms with Crippen LogP contribution in [0.25, 0.3) is 0 Å². The number of methoxy groups -OCH3 is 1. The van der Waals surface area contributed by atoms with Gasteiger partial charge in [0.1, 0.15) is 18.1 Å². The monoisotopic (exact) mass is 499 g/mol. The largest absolute Gasteiger partial charge is 0.741 e. The van der Waals surface area contributed by atoms with Crippen LogP contribution in [0.3, 0.4) is 0 Å². The van der Waals surface area contributed by atoms with E-state index in [1.54, 1.807) is 35.3 Å². The quantitative estimate of drug-likeness (QED) is 0.359. The topological polar surface area (TPSA) is 113 Å². The van der Waals surface area contributed by atoms with Crippen LogP contribution in [-0.4, -0.2) is 55.4 Å². The summed E-state index contributed by atoms with van der Waals surface area (Å²) in [5.74, 6) is 1.69. The molecule has 0 spiro atoms. The van der Waals surface area contributed by atoms with E-state index < -0.39 is 25.8 Å². The van der Waals surface area contributed by atoms with Crippen molar-refractivity contribution in [2.45, 2.75) is 31.2 Å². The molecule has 1 aliphatic rings. The van der Waals surface area contributed by atoms with E-state index in [1.807, 2.05) is 31.3 Å². The zero-order valence-corrected chi connectivity index (χ0v) is 19.2. The maximum Gasteiger partial charge on any atom is 0.485 e. The lowest BCUT2D eigenvalue weighted by Gasteiger charge is -2.30. The molecular formula is C18H24F3N3O6S2. The number of halogens is 3. The standard InChI is InChI=1S/C17H24N3O3S.CHF3O3S/c1-14-18(2)10-11-20(14)24(21,22)19-9-5-7-16(13-19)15-6-4-8-17(12-15)23-3;2-1(3,4)8(5,6)7/h4,6,8,10-12,16H,5,7,9,13H2,1-3H3;(H,5,6,7)/q+1;/p-1. The van der Waals surface area contributed by atoms with Gasteiger partial charge in [-0.2, -0.15) is 25.9 Å². The van der Waals surface area contributed by atoms with Crippen LogP contribution < -0.4 is 9.30 Å². The first kappa shape index (κ1) is 26.1. The number of piperidine rings is 1. The summed E-state index contributed by atoms with van der Waals surface area (Å²) in [7, 11) is -6.13. The third-order valence-corrected chi connectivity index (χ3v) is 7.50. The van der Waals surface area contributed by atoms with Crippen LogP contribution in [-0.2, 0) is 27.4 Å². The molecular weight excluding hydrogens is 475 g/mol. The first-order valence-corrected chi connectivity index (χ1v) is 12.2. The average molecular weight is 500 g/mol. The summed E-state index contributed by atoms with van der Waals surface area (Å²) in [6.07, 6.45) is 5.21. The van der Waals surface area contributed by atoms with Gasteiger partial charge in [-0.25, -0.2) is 13.0 Å². The lowest BCUT2D eigenvalue weighted by atomic mass is 9.91. The van der Waals surface area contributed by atoms with Gasteiger partial charge in [0.2, 0.25) is 0 Å². The maximum atomic E-state index is 13.0. The predicted octanol–water partition coefficient (Wildman–Crippen LogP) is 1.65. The van der Waals surface area contributed by atoms with Crippen LogP contribution >= 0.6 is 0 Å². The van der Waals surface area contributed by atoms with Crippen molar-refractivity contribution in [3.05, 3.63) is 48.0 Å². The van der Waals surface area contributed by atoms with Gasteiger partial charge >= 0.3 is 15.7 Å².